The van der Waals surface area contributed by atoms with Gasteiger partial charge in [-0.15, -0.1) is 0 Å². The lowest BCUT2D eigenvalue weighted by atomic mass is 10.1. The van der Waals surface area contributed by atoms with E-state index >= 15 is 0 Å². The van der Waals surface area contributed by atoms with E-state index in [9.17, 15) is 8.42 Å². The molecule has 0 bridgehead atoms. The highest BCUT2D eigenvalue weighted by Crippen LogP contribution is 2.32. The van der Waals surface area contributed by atoms with Crippen LogP contribution in [0.4, 0.5) is 11.6 Å². The van der Waals surface area contributed by atoms with Crippen LogP contribution in [-0.2, 0) is 19.3 Å². The molecule has 4 rings (SSSR count). The summed E-state index contributed by atoms with van der Waals surface area (Å²) < 4.78 is 37.0. The molecule has 2 N–H and O–H groups in total. The van der Waals surface area contributed by atoms with Gasteiger partial charge >= 0.3 is 0 Å². The standard InChI is InChI=1S/C18H22N4O4S/c19-18-20-10-14(11-21-18)13-7-15(22-2-5-25-6-3-22)9-17(8-13)27(23,24)16-1-4-26-12-16/h7-11,16H,1-6,12H2,(H2,19,20,21)/t16-/m1/s1. The van der Waals surface area contributed by atoms with Gasteiger partial charge in [0.1, 0.15) is 0 Å². The molecule has 8 nitrogen and oxygen atoms in total. The molecule has 0 aliphatic carbocycles. The minimum absolute atomic E-state index is 0.180. The Labute approximate surface area is 158 Å². The van der Waals surface area contributed by atoms with Crippen molar-refractivity contribution in [3.63, 3.8) is 0 Å². The summed E-state index contributed by atoms with van der Waals surface area (Å²) in [6.45, 7) is 3.39. The molecule has 2 aliphatic rings. The largest absolute Gasteiger partial charge is 0.380 e. The van der Waals surface area contributed by atoms with Gasteiger partial charge < -0.3 is 20.1 Å². The molecule has 2 aliphatic heterocycles. The number of rotatable bonds is 4. The summed E-state index contributed by atoms with van der Waals surface area (Å²) in [6.07, 6.45) is 3.73. The number of morpholine rings is 1. The maximum Gasteiger partial charge on any atom is 0.219 e. The van der Waals surface area contributed by atoms with Crippen LogP contribution in [0.5, 0.6) is 0 Å². The fourth-order valence-electron chi connectivity index (χ4n) is 3.36. The second kappa shape index (κ2) is 7.41. The van der Waals surface area contributed by atoms with E-state index < -0.39 is 15.1 Å². The molecule has 0 saturated carbocycles. The van der Waals surface area contributed by atoms with Crippen molar-refractivity contribution in [3.05, 3.63) is 30.6 Å². The maximum atomic E-state index is 13.1. The topological polar surface area (TPSA) is 108 Å². The lowest BCUT2D eigenvalue weighted by Crippen LogP contribution is -2.36. The first kappa shape index (κ1) is 18.1. The molecule has 1 aromatic carbocycles. The highest BCUT2D eigenvalue weighted by Gasteiger charge is 2.32. The number of nitrogens with two attached hydrogens (primary N) is 1. The Balaban J connectivity index is 1.79. The predicted octanol–water partition coefficient (Wildman–Crippen LogP) is 1.12. The average Bonchev–Trinajstić information content (AvgIpc) is 3.25. The Kier molecular flexibility index (Phi) is 4.98. The van der Waals surface area contributed by atoms with Crippen molar-refractivity contribution in [3.8, 4) is 11.1 Å². The van der Waals surface area contributed by atoms with Crippen LogP contribution in [0.15, 0.2) is 35.5 Å². The summed E-state index contributed by atoms with van der Waals surface area (Å²) in [7, 11) is -3.49. The van der Waals surface area contributed by atoms with Crippen LogP contribution in [0.2, 0.25) is 0 Å². The molecular formula is C18H22N4O4S. The van der Waals surface area contributed by atoms with Crippen molar-refractivity contribution < 1.29 is 17.9 Å². The van der Waals surface area contributed by atoms with Gasteiger partial charge in [-0.3, -0.25) is 0 Å². The molecule has 2 aromatic rings. The zero-order valence-electron chi connectivity index (χ0n) is 14.9. The molecule has 9 heteroatoms. The van der Waals surface area contributed by atoms with E-state index in [2.05, 4.69) is 14.9 Å². The second-order valence-electron chi connectivity index (χ2n) is 6.68. The lowest BCUT2D eigenvalue weighted by molar-refractivity contribution is 0.122. The quantitative estimate of drug-likeness (QED) is 0.828. The molecule has 0 amide bonds. The first-order chi connectivity index (χ1) is 13.0. The highest BCUT2D eigenvalue weighted by atomic mass is 32.2. The number of aromatic nitrogens is 2. The van der Waals surface area contributed by atoms with Crippen LogP contribution in [0, 0.1) is 0 Å². The number of hydrogen-bond donors (Lipinski definition) is 1. The Hall–Kier alpha value is -2.23. The number of benzene rings is 1. The molecule has 0 unspecified atom stereocenters. The number of nitrogens with zero attached hydrogens (tertiary/aromatic N) is 3. The Bertz CT molecular complexity index is 905. The number of ether oxygens (including phenoxy) is 2. The summed E-state index contributed by atoms with van der Waals surface area (Å²) in [4.78, 5) is 10.5. The molecule has 0 spiro atoms. The van der Waals surface area contributed by atoms with Gasteiger partial charge in [0, 0.05) is 43.3 Å². The maximum absolute atomic E-state index is 13.1. The summed E-state index contributed by atoms with van der Waals surface area (Å²) in [5.74, 6) is 0.180. The second-order valence-corrected chi connectivity index (χ2v) is 8.90. The van der Waals surface area contributed by atoms with Crippen molar-refractivity contribution in [1.82, 2.24) is 9.97 Å². The number of sulfone groups is 1. The minimum atomic E-state index is -3.49. The fraction of sp³-hybridized carbons (Fsp3) is 0.444. The van der Waals surface area contributed by atoms with Crippen LogP contribution in [0.1, 0.15) is 6.42 Å². The van der Waals surface area contributed by atoms with E-state index in [0.29, 0.717) is 44.2 Å². The summed E-state index contributed by atoms with van der Waals surface area (Å²) in [5, 5.41) is -0.507. The third kappa shape index (κ3) is 3.76. The van der Waals surface area contributed by atoms with Crippen LogP contribution >= 0.6 is 0 Å². The molecule has 1 aromatic heterocycles. The van der Waals surface area contributed by atoms with Crippen molar-refractivity contribution >= 4 is 21.5 Å². The van der Waals surface area contributed by atoms with Gasteiger partial charge in [0.05, 0.1) is 30.0 Å². The SMILES string of the molecule is Nc1ncc(-c2cc(N3CCOCC3)cc(S(=O)(=O)[C@@H]3CCOC3)c2)cn1. The predicted molar refractivity (Wildman–Crippen MR) is 101 cm³/mol. The molecule has 144 valence electrons. The van der Waals surface area contributed by atoms with Crippen molar-refractivity contribution in [2.75, 3.05) is 50.2 Å². The van der Waals surface area contributed by atoms with Gasteiger partial charge in [-0.1, -0.05) is 0 Å². The molecular weight excluding hydrogens is 368 g/mol. The van der Waals surface area contributed by atoms with Gasteiger partial charge in [0.15, 0.2) is 9.84 Å². The third-order valence-corrected chi connectivity index (χ3v) is 7.07. The number of anilines is 2. The third-order valence-electron chi connectivity index (χ3n) is 4.93. The van der Waals surface area contributed by atoms with Gasteiger partial charge in [0.2, 0.25) is 5.95 Å². The summed E-state index contributed by atoms with van der Waals surface area (Å²) in [6, 6.07) is 5.40. The minimum Gasteiger partial charge on any atom is -0.380 e. The van der Waals surface area contributed by atoms with E-state index in [1.807, 2.05) is 6.07 Å². The molecule has 2 saturated heterocycles. The Morgan fingerprint density at radius 2 is 1.74 bits per heavy atom. The first-order valence-electron chi connectivity index (χ1n) is 8.91. The average molecular weight is 390 g/mol. The van der Waals surface area contributed by atoms with Gasteiger partial charge in [0.25, 0.3) is 0 Å². The first-order valence-corrected chi connectivity index (χ1v) is 10.5. The molecule has 27 heavy (non-hydrogen) atoms. The van der Waals surface area contributed by atoms with Crippen LogP contribution in [0.3, 0.4) is 0 Å². The van der Waals surface area contributed by atoms with Crippen LogP contribution in [0.25, 0.3) is 11.1 Å². The molecule has 1 atom stereocenters. The van der Waals surface area contributed by atoms with Crippen LogP contribution in [-0.4, -0.2) is 63.2 Å². The zero-order valence-corrected chi connectivity index (χ0v) is 15.7. The summed E-state index contributed by atoms with van der Waals surface area (Å²) in [5.41, 5.74) is 7.90. The highest BCUT2D eigenvalue weighted by molar-refractivity contribution is 7.92. The molecule has 2 fully saturated rings. The molecule has 0 radical (unpaired) electrons. The number of hydrogen-bond acceptors (Lipinski definition) is 8. The van der Waals surface area contributed by atoms with Crippen molar-refractivity contribution in [2.45, 2.75) is 16.6 Å². The lowest BCUT2D eigenvalue weighted by Gasteiger charge is -2.29. The van der Waals surface area contributed by atoms with E-state index in [0.717, 1.165) is 16.8 Å². The van der Waals surface area contributed by atoms with Crippen molar-refractivity contribution in [2.24, 2.45) is 0 Å². The van der Waals surface area contributed by atoms with Gasteiger partial charge in [-0.05, 0) is 30.2 Å². The number of nitrogen functional groups attached to an aromatic ring is 1. The fourth-order valence-corrected chi connectivity index (χ4v) is 5.00. The van der Waals surface area contributed by atoms with Crippen LogP contribution < -0.4 is 10.6 Å². The van der Waals surface area contributed by atoms with Gasteiger partial charge in [-0.25, -0.2) is 18.4 Å². The van der Waals surface area contributed by atoms with E-state index in [-0.39, 0.29) is 12.6 Å². The Morgan fingerprint density at radius 3 is 2.41 bits per heavy atom. The zero-order chi connectivity index (χ0) is 18.9. The van der Waals surface area contributed by atoms with Crippen molar-refractivity contribution in [1.29, 1.82) is 0 Å². The molecule has 3 heterocycles. The Morgan fingerprint density at radius 1 is 1.00 bits per heavy atom. The summed E-state index contributed by atoms with van der Waals surface area (Å²) >= 11 is 0. The smallest absolute Gasteiger partial charge is 0.219 e. The van der Waals surface area contributed by atoms with E-state index in [1.54, 1.807) is 24.5 Å². The monoisotopic (exact) mass is 390 g/mol. The van der Waals surface area contributed by atoms with E-state index in [1.165, 1.54) is 0 Å². The van der Waals surface area contributed by atoms with E-state index in [4.69, 9.17) is 15.2 Å². The van der Waals surface area contributed by atoms with Gasteiger partial charge in [-0.2, -0.15) is 0 Å². The normalized spacial score (nSPS) is 20.7.